The molecule has 0 fully saturated rings. The molecule has 0 spiro atoms. The van der Waals surface area contributed by atoms with Gasteiger partial charge in [0.1, 0.15) is 0 Å². The van der Waals surface area contributed by atoms with Crippen molar-refractivity contribution in [3.63, 3.8) is 0 Å². The molecule has 0 aliphatic carbocycles. The van der Waals surface area contributed by atoms with Crippen molar-refractivity contribution in [1.82, 2.24) is 0 Å². The van der Waals surface area contributed by atoms with Crippen molar-refractivity contribution in [2.75, 3.05) is 5.75 Å². The van der Waals surface area contributed by atoms with Crippen molar-refractivity contribution in [3.8, 4) is 0 Å². The third-order valence-corrected chi connectivity index (χ3v) is 3.38. The van der Waals surface area contributed by atoms with E-state index in [0.717, 1.165) is 0 Å². The normalized spacial score (nSPS) is 13.2. The second-order valence-corrected chi connectivity index (χ2v) is 5.05. The van der Waals surface area contributed by atoms with Crippen molar-refractivity contribution in [1.29, 1.82) is 0 Å². The largest absolute Gasteiger partial charge is 0.228 e. The highest BCUT2D eigenvalue weighted by molar-refractivity contribution is 7.92. The molecule has 0 saturated carbocycles. The van der Waals surface area contributed by atoms with E-state index < -0.39 is 9.84 Å². The van der Waals surface area contributed by atoms with Crippen molar-refractivity contribution in [2.45, 2.75) is 26.0 Å². The van der Waals surface area contributed by atoms with Crippen LogP contribution < -0.4 is 0 Å². The van der Waals surface area contributed by atoms with Gasteiger partial charge in [0, 0.05) is 0 Å². The summed E-state index contributed by atoms with van der Waals surface area (Å²) in [4.78, 5) is 0. The quantitative estimate of drug-likeness (QED) is 0.588. The molecular formula is C7H14O2S. The van der Waals surface area contributed by atoms with Crippen LogP contribution in [0, 0.1) is 0 Å². The summed E-state index contributed by atoms with van der Waals surface area (Å²) in [5.74, 6) is 0.168. The van der Waals surface area contributed by atoms with E-state index in [2.05, 4.69) is 0 Å². The number of hydrogen-bond donors (Lipinski definition) is 0. The first kappa shape index (κ1) is 9.69. The molecule has 0 N–H and O–H groups in total. The first-order valence-electron chi connectivity index (χ1n) is 3.33. The third kappa shape index (κ3) is 3.01. The zero-order valence-corrected chi connectivity index (χ0v) is 7.48. The summed E-state index contributed by atoms with van der Waals surface area (Å²) in [7, 11) is -2.85. The zero-order chi connectivity index (χ0) is 8.20. The van der Waals surface area contributed by atoms with Gasteiger partial charge in [-0.15, -0.1) is 0 Å². The van der Waals surface area contributed by atoms with Crippen LogP contribution in [0.15, 0.2) is 12.2 Å². The Morgan fingerprint density at radius 2 is 1.90 bits per heavy atom. The van der Waals surface area contributed by atoms with E-state index in [1.807, 2.05) is 6.92 Å². The molecule has 0 saturated heterocycles. The van der Waals surface area contributed by atoms with E-state index in [9.17, 15) is 8.42 Å². The minimum atomic E-state index is -2.85. The second-order valence-electron chi connectivity index (χ2n) is 2.45. The molecule has 0 amide bonds. The van der Waals surface area contributed by atoms with Gasteiger partial charge in [-0.2, -0.15) is 0 Å². The molecule has 60 valence electrons. The van der Waals surface area contributed by atoms with Crippen molar-refractivity contribution >= 4 is 9.84 Å². The minimum Gasteiger partial charge on any atom is -0.228 e. The van der Waals surface area contributed by atoms with E-state index in [-0.39, 0.29) is 11.0 Å². The van der Waals surface area contributed by atoms with Gasteiger partial charge in [0.25, 0.3) is 0 Å². The van der Waals surface area contributed by atoms with Crippen molar-refractivity contribution in [2.24, 2.45) is 0 Å². The topological polar surface area (TPSA) is 34.1 Å². The van der Waals surface area contributed by atoms with E-state index >= 15 is 0 Å². The van der Waals surface area contributed by atoms with Gasteiger partial charge in [0.2, 0.25) is 0 Å². The Kier molecular flexibility index (Phi) is 3.64. The average Bonchev–Trinajstić information content (AvgIpc) is 1.84. The molecule has 0 rings (SSSR count). The fraction of sp³-hybridized carbons (Fsp3) is 0.714. The smallest absolute Gasteiger partial charge is 0.156 e. The maximum absolute atomic E-state index is 11.0. The monoisotopic (exact) mass is 162 g/mol. The highest BCUT2D eigenvalue weighted by Gasteiger charge is 2.12. The first-order valence-corrected chi connectivity index (χ1v) is 5.05. The van der Waals surface area contributed by atoms with E-state index in [1.54, 1.807) is 26.0 Å². The van der Waals surface area contributed by atoms with Crippen LogP contribution in [0.4, 0.5) is 0 Å². The lowest BCUT2D eigenvalue weighted by Crippen LogP contribution is -2.16. The molecule has 2 nitrogen and oxygen atoms in total. The number of hydrogen-bond acceptors (Lipinski definition) is 2. The van der Waals surface area contributed by atoms with Crippen LogP contribution in [0.3, 0.4) is 0 Å². The highest BCUT2D eigenvalue weighted by atomic mass is 32.2. The molecule has 0 unspecified atom stereocenters. The molecular weight excluding hydrogens is 148 g/mol. The van der Waals surface area contributed by atoms with Gasteiger partial charge in [-0.25, -0.2) is 8.42 Å². The number of sulfone groups is 1. The Morgan fingerprint density at radius 1 is 1.40 bits per heavy atom. The van der Waals surface area contributed by atoms with Crippen molar-refractivity contribution < 1.29 is 8.42 Å². The molecule has 0 radical (unpaired) electrons. The Balaban J connectivity index is 4.16. The van der Waals surface area contributed by atoms with Gasteiger partial charge in [-0.1, -0.05) is 12.2 Å². The lowest BCUT2D eigenvalue weighted by atomic mass is 10.6. The minimum absolute atomic E-state index is 0.168. The molecule has 10 heavy (non-hydrogen) atoms. The van der Waals surface area contributed by atoms with E-state index in [1.165, 1.54) is 0 Å². The zero-order valence-electron chi connectivity index (χ0n) is 6.66. The maximum Gasteiger partial charge on any atom is 0.156 e. The fourth-order valence-corrected chi connectivity index (χ4v) is 1.27. The SMILES string of the molecule is CC=CCS(=O)(=O)C(C)C. The van der Waals surface area contributed by atoms with E-state index in [4.69, 9.17) is 0 Å². The molecule has 0 aromatic rings. The Labute approximate surface area is 62.9 Å². The molecule has 0 aromatic carbocycles. The van der Waals surface area contributed by atoms with Crippen molar-refractivity contribution in [3.05, 3.63) is 12.2 Å². The summed E-state index contributed by atoms with van der Waals surface area (Å²) >= 11 is 0. The fourth-order valence-electron chi connectivity index (χ4n) is 0.423. The molecule has 0 aliphatic heterocycles. The van der Waals surface area contributed by atoms with Gasteiger partial charge in [0.05, 0.1) is 11.0 Å². The lowest BCUT2D eigenvalue weighted by Gasteiger charge is -2.02. The van der Waals surface area contributed by atoms with Crippen LogP contribution >= 0.6 is 0 Å². The predicted octanol–water partition coefficient (Wildman–Crippen LogP) is 1.39. The number of rotatable bonds is 3. The summed E-state index contributed by atoms with van der Waals surface area (Å²) in [6, 6.07) is 0. The maximum atomic E-state index is 11.0. The van der Waals surface area contributed by atoms with Crippen LogP contribution in [-0.4, -0.2) is 19.4 Å². The van der Waals surface area contributed by atoms with E-state index in [0.29, 0.717) is 0 Å². The Morgan fingerprint density at radius 3 is 2.20 bits per heavy atom. The Hall–Kier alpha value is -0.310. The summed E-state index contributed by atoms with van der Waals surface area (Å²) in [6.45, 7) is 5.20. The molecule has 0 aliphatic rings. The van der Waals surface area contributed by atoms with Crippen LogP contribution in [0.2, 0.25) is 0 Å². The van der Waals surface area contributed by atoms with Crippen LogP contribution in [0.25, 0.3) is 0 Å². The predicted molar refractivity (Wildman–Crippen MR) is 43.7 cm³/mol. The highest BCUT2D eigenvalue weighted by Crippen LogP contribution is 2.00. The summed E-state index contributed by atoms with van der Waals surface area (Å²) in [5.41, 5.74) is 0. The van der Waals surface area contributed by atoms with Crippen LogP contribution in [0.1, 0.15) is 20.8 Å². The summed E-state index contributed by atoms with van der Waals surface area (Å²) in [6.07, 6.45) is 3.41. The van der Waals surface area contributed by atoms with Gasteiger partial charge in [-0.3, -0.25) is 0 Å². The lowest BCUT2D eigenvalue weighted by molar-refractivity contribution is 0.590. The van der Waals surface area contributed by atoms with Gasteiger partial charge >= 0.3 is 0 Å². The molecule has 0 atom stereocenters. The Bertz CT molecular complexity index is 200. The van der Waals surface area contributed by atoms with Gasteiger partial charge in [0.15, 0.2) is 9.84 Å². The standard InChI is InChI=1S/C7H14O2S/c1-4-5-6-10(8,9)7(2)3/h4-5,7H,6H2,1-3H3. The number of allylic oxidation sites excluding steroid dienone is 1. The first-order chi connectivity index (χ1) is 4.50. The van der Waals surface area contributed by atoms with Gasteiger partial charge < -0.3 is 0 Å². The second kappa shape index (κ2) is 3.76. The summed E-state index contributed by atoms with van der Waals surface area (Å²) in [5, 5.41) is -0.260. The molecule has 3 heteroatoms. The molecule has 0 aromatic heterocycles. The van der Waals surface area contributed by atoms with Crippen LogP contribution in [0.5, 0.6) is 0 Å². The summed E-state index contributed by atoms with van der Waals surface area (Å²) < 4.78 is 22.1. The van der Waals surface area contributed by atoms with Gasteiger partial charge in [-0.05, 0) is 20.8 Å². The molecule has 0 heterocycles. The third-order valence-electron chi connectivity index (χ3n) is 1.28. The molecule has 0 bridgehead atoms. The average molecular weight is 162 g/mol. The van der Waals surface area contributed by atoms with Crippen LogP contribution in [-0.2, 0) is 9.84 Å².